The van der Waals surface area contributed by atoms with Gasteiger partial charge in [0.25, 0.3) is 0 Å². The molecule has 0 aliphatic rings. The van der Waals surface area contributed by atoms with Gasteiger partial charge in [-0.1, -0.05) is 6.07 Å². The summed E-state index contributed by atoms with van der Waals surface area (Å²) in [4.78, 5) is 0. The molecule has 0 bridgehead atoms. The minimum absolute atomic E-state index is 0.372. The number of fused-ring (bicyclic) bond motifs is 1. The zero-order chi connectivity index (χ0) is 16.5. The maximum Gasteiger partial charge on any atom is 0.120 e. The summed E-state index contributed by atoms with van der Waals surface area (Å²) < 4.78 is 16.2. The molecule has 0 aliphatic carbocycles. The first-order chi connectivity index (χ1) is 11.3. The zero-order valence-corrected chi connectivity index (χ0v) is 13.0. The van der Waals surface area contributed by atoms with Crippen LogP contribution in [0, 0.1) is 22.7 Å². The van der Waals surface area contributed by atoms with E-state index in [-0.39, 0.29) is 0 Å². The highest BCUT2D eigenvalue weighted by molar-refractivity contribution is 5.87. The highest BCUT2D eigenvalue weighted by atomic mass is 16.5. The van der Waals surface area contributed by atoms with Crippen molar-refractivity contribution in [3.8, 4) is 17.9 Å². The highest BCUT2D eigenvalue weighted by Gasteiger charge is 2.05. The molecule has 0 aliphatic heterocycles. The van der Waals surface area contributed by atoms with Crippen molar-refractivity contribution < 1.29 is 14.2 Å². The van der Waals surface area contributed by atoms with Crippen LogP contribution in [-0.4, -0.2) is 33.0 Å². The van der Waals surface area contributed by atoms with Crippen LogP contribution in [0.2, 0.25) is 0 Å². The summed E-state index contributed by atoms with van der Waals surface area (Å²) in [5.41, 5.74) is 0.757. The number of nitriles is 2. The fourth-order valence-corrected chi connectivity index (χ4v) is 2.13. The molecule has 5 heteroatoms. The summed E-state index contributed by atoms with van der Waals surface area (Å²) in [7, 11) is 0. The van der Waals surface area contributed by atoms with Crippen LogP contribution in [-0.2, 0) is 9.47 Å². The second-order valence-electron chi connectivity index (χ2n) is 4.79. The Kier molecular flexibility index (Phi) is 6.38. The molecular weight excluding hydrogens is 292 g/mol. The fraction of sp³-hybridized carbons (Fsp3) is 0.333. The Balaban J connectivity index is 1.95. The van der Waals surface area contributed by atoms with E-state index in [9.17, 15) is 0 Å². The first kappa shape index (κ1) is 16.8. The Hall–Kier alpha value is -2.60. The number of rotatable bonds is 8. The van der Waals surface area contributed by atoms with E-state index in [1.807, 2.05) is 37.3 Å². The van der Waals surface area contributed by atoms with E-state index in [1.54, 1.807) is 12.1 Å². The van der Waals surface area contributed by atoms with Crippen molar-refractivity contribution in [3.63, 3.8) is 0 Å². The number of hydrogen-bond acceptors (Lipinski definition) is 5. The lowest BCUT2D eigenvalue weighted by Gasteiger charge is -2.09. The van der Waals surface area contributed by atoms with Gasteiger partial charge in [-0.2, -0.15) is 10.5 Å². The molecule has 0 amide bonds. The lowest BCUT2D eigenvalue weighted by atomic mass is 10.0. The van der Waals surface area contributed by atoms with E-state index in [2.05, 4.69) is 0 Å². The van der Waals surface area contributed by atoms with Gasteiger partial charge in [0.1, 0.15) is 24.5 Å². The molecule has 118 valence electrons. The van der Waals surface area contributed by atoms with Gasteiger partial charge in [0.15, 0.2) is 0 Å². The van der Waals surface area contributed by atoms with Gasteiger partial charge in [-0.05, 0) is 42.0 Å². The van der Waals surface area contributed by atoms with Crippen LogP contribution in [0.1, 0.15) is 18.1 Å². The van der Waals surface area contributed by atoms with E-state index < -0.39 is 0 Å². The Labute approximate surface area is 135 Å². The molecule has 0 radical (unpaired) electrons. The smallest absolute Gasteiger partial charge is 0.120 e. The summed E-state index contributed by atoms with van der Waals surface area (Å²) in [6.45, 7) is 4.71. The van der Waals surface area contributed by atoms with Gasteiger partial charge in [0.2, 0.25) is 0 Å². The molecule has 0 fully saturated rings. The minimum atomic E-state index is 0.372. The van der Waals surface area contributed by atoms with Crippen LogP contribution < -0.4 is 4.74 Å². The number of hydrogen-bond donors (Lipinski definition) is 0. The summed E-state index contributed by atoms with van der Waals surface area (Å²) in [5.74, 6) is 0.708. The second kappa shape index (κ2) is 8.75. The number of ether oxygens (including phenoxy) is 3. The van der Waals surface area contributed by atoms with E-state index >= 15 is 0 Å². The quantitative estimate of drug-likeness (QED) is 0.701. The molecule has 0 saturated heterocycles. The van der Waals surface area contributed by atoms with Crippen molar-refractivity contribution in [2.24, 2.45) is 0 Å². The molecule has 0 atom stereocenters. The maximum atomic E-state index is 9.08. The third kappa shape index (κ3) is 4.69. The first-order valence-corrected chi connectivity index (χ1v) is 7.44. The topological polar surface area (TPSA) is 75.3 Å². The SMILES string of the molecule is CCOCCOCCOc1ccc2cc(C#N)c(C#N)cc2c1. The molecule has 2 aromatic rings. The van der Waals surface area contributed by atoms with Crippen LogP contribution in [0.3, 0.4) is 0 Å². The van der Waals surface area contributed by atoms with E-state index in [1.165, 1.54) is 0 Å². The van der Waals surface area contributed by atoms with Crippen molar-refractivity contribution in [2.75, 3.05) is 33.0 Å². The van der Waals surface area contributed by atoms with Crippen molar-refractivity contribution in [3.05, 3.63) is 41.5 Å². The molecule has 0 heterocycles. The number of nitrogens with zero attached hydrogens (tertiary/aromatic N) is 2. The monoisotopic (exact) mass is 310 g/mol. The van der Waals surface area contributed by atoms with Gasteiger partial charge in [0, 0.05) is 6.61 Å². The fourth-order valence-electron chi connectivity index (χ4n) is 2.13. The van der Waals surface area contributed by atoms with Crippen LogP contribution in [0.15, 0.2) is 30.3 Å². The Morgan fingerprint density at radius 2 is 1.48 bits per heavy atom. The first-order valence-electron chi connectivity index (χ1n) is 7.44. The molecular formula is C18H18N2O3. The molecule has 0 N–H and O–H groups in total. The Morgan fingerprint density at radius 1 is 0.826 bits per heavy atom. The van der Waals surface area contributed by atoms with Gasteiger partial charge >= 0.3 is 0 Å². The summed E-state index contributed by atoms with van der Waals surface area (Å²) >= 11 is 0. The van der Waals surface area contributed by atoms with Gasteiger partial charge < -0.3 is 14.2 Å². The van der Waals surface area contributed by atoms with Crippen LogP contribution >= 0.6 is 0 Å². The molecule has 0 spiro atoms. The highest BCUT2D eigenvalue weighted by Crippen LogP contribution is 2.24. The average molecular weight is 310 g/mol. The van der Waals surface area contributed by atoms with Gasteiger partial charge in [-0.15, -0.1) is 0 Å². The van der Waals surface area contributed by atoms with Crippen molar-refractivity contribution in [1.82, 2.24) is 0 Å². The average Bonchev–Trinajstić information content (AvgIpc) is 2.59. The zero-order valence-electron chi connectivity index (χ0n) is 13.0. The van der Waals surface area contributed by atoms with Gasteiger partial charge in [-0.3, -0.25) is 0 Å². The minimum Gasteiger partial charge on any atom is -0.491 e. The molecule has 0 saturated carbocycles. The second-order valence-corrected chi connectivity index (χ2v) is 4.79. The summed E-state index contributed by atoms with van der Waals surface area (Å²) in [6, 6.07) is 13.1. The van der Waals surface area contributed by atoms with Crippen molar-refractivity contribution in [1.29, 1.82) is 10.5 Å². The predicted molar refractivity (Wildman–Crippen MR) is 86.2 cm³/mol. The van der Waals surface area contributed by atoms with E-state index in [4.69, 9.17) is 24.7 Å². The largest absolute Gasteiger partial charge is 0.491 e. The third-order valence-corrected chi connectivity index (χ3v) is 3.26. The summed E-state index contributed by atoms with van der Waals surface area (Å²) in [6.07, 6.45) is 0. The molecule has 5 nitrogen and oxygen atoms in total. The van der Waals surface area contributed by atoms with Gasteiger partial charge in [-0.25, -0.2) is 0 Å². The molecule has 23 heavy (non-hydrogen) atoms. The molecule has 0 aromatic heterocycles. The standard InChI is InChI=1S/C18H18N2O3/c1-2-21-5-6-22-7-8-23-18-4-3-14-9-16(12-19)17(13-20)10-15(14)11-18/h3-4,9-11H,2,5-8H2,1H3. The van der Waals surface area contributed by atoms with Crippen molar-refractivity contribution in [2.45, 2.75) is 6.92 Å². The van der Waals surface area contributed by atoms with Crippen molar-refractivity contribution >= 4 is 10.8 Å². The number of benzene rings is 2. The molecule has 0 unspecified atom stereocenters. The molecule has 2 aromatic carbocycles. The maximum absolute atomic E-state index is 9.08. The van der Waals surface area contributed by atoms with E-state index in [0.717, 1.165) is 10.8 Å². The normalized spacial score (nSPS) is 10.2. The van der Waals surface area contributed by atoms with Crippen LogP contribution in [0.4, 0.5) is 0 Å². The Morgan fingerprint density at radius 3 is 2.17 bits per heavy atom. The predicted octanol–water partition coefficient (Wildman–Crippen LogP) is 3.02. The lowest BCUT2D eigenvalue weighted by Crippen LogP contribution is -2.10. The van der Waals surface area contributed by atoms with Crippen LogP contribution in [0.25, 0.3) is 10.8 Å². The van der Waals surface area contributed by atoms with Crippen LogP contribution in [0.5, 0.6) is 5.75 Å². The summed E-state index contributed by atoms with van der Waals surface area (Å²) in [5, 5.41) is 19.9. The lowest BCUT2D eigenvalue weighted by molar-refractivity contribution is 0.0405. The Bertz CT molecular complexity index is 744. The van der Waals surface area contributed by atoms with E-state index in [0.29, 0.717) is 49.9 Å². The third-order valence-electron chi connectivity index (χ3n) is 3.26. The van der Waals surface area contributed by atoms with Gasteiger partial charge in [0.05, 0.1) is 30.9 Å². The molecule has 2 rings (SSSR count).